The molecule has 1 amide bonds. The Labute approximate surface area is 142 Å². The van der Waals surface area contributed by atoms with Crippen molar-refractivity contribution in [1.29, 1.82) is 0 Å². The first-order valence-electron chi connectivity index (χ1n) is 7.75. The summed E-state index contributed by atoms with van der Waals surface area (Å²) in [7, 11) is 2.99. The standard InChI is InChI=1S/C15H19N5O3S/c1-9-16-12-11(14(22)19(3)15(23)18(12)2)13(17-9)24-8-10(21)20-6-4-5-7-20/h4-8H2,1-3H3. The minimum absolute atomic E-state index is 0.0450. The van der Waals surface area contributed by atoms with Gasteiger partial charge in [-0.25, -0.2) is 14.8 Å². The summed E-state index contributed by atoms with van der Waals surface area (Å²) in [4.78, 5) is 47.2. The molecule has 0 atom stereocenters. The van der Waals surface area contributed by atoms with E-state index in [0.29, 0.717) is 16.5 Å². The zero-order valence-corrected chi connectivity index (χ0v) is 14.7. The van der Waals surface area contributed by atoms with Crippen LogP contribution in [0.2, 0.25) is 0 Å². The van der Waals surface area contributed by atoms with Crippen LogP contribution in [0.4, 0.5) is 0 Å². The largest absolute Gasteiger partial charge is 0.342 e. The molecule has 2 aromatic heterocycles. The van der Waals surface area contributed by atoms with Gasteiger partial charge in [0.05, 0.1) is 5.75 Å². The molecule has 8 nitrogen and oxygen atoms in total. The number of carbonyl (C=O) groups is 1. The van der Waals surface area contributed by atoms with Crippen LogP contribution < -0.4 is 11.2 Å². The summed E-state index contributed by atoms with van der Waals surface area (Å²) in [5, 5.41) is 0.727. The van der Waals surface area contributed by atoms with Crippen molar-refractivity contribution in [1.82, 2.24) is 24.0 Å². The molecule has 0 spiro atoms. The summed E-state index contributed by atoms with van der Waals surface area (Å²) >= 11 is 1.23. The molecule has 1 saturated heterocycles. The summed E-state index contributed by atoms with van der Waals surface area (Å²) < 4.78 is 2.37. The summed E-state index contributed by atoms with van der Waals surface area (Å²) in [5.41, 5.74) is -0.578. The predicted octanol–water partition coefficient (Wildman–Crippen LogP) is 0.0501. The number of amides is 1. The number of hydrogen-bond acceptors (Lipinski definition) is 6. The maximum Gasteiger partial charge on any atom is 0.332 e. The number of fused-ring (bicyclic) bond motifs is 1. The van der Waals surface area contributed by atoms with E-state index in [2.05, 4.69) is 9.97 Å². The van der Waals surface area contributed by atoms with Gasteiger partial charge in [0.2, 0.25) is 5.91 Å². The third-order valence-corrected chi connectivity index (χ3v) is 5.13. The van der Waals surface area contributed by atoms with Crippen LogP contribution in [-0.4, -0.2) is 48.8 Å². The van der Waals surface area contributed by atoms with Crippen molar-refractivity contribution in [2.45, 2.75) is 24.8 Å². The monoisotopic (exact) mass is 349 g/mol. The molecule has 0 aromatic carbocycles. The lowest BCUT2D eigenvalue weighted by Gasteiger charge is -2.15. The number of hydrogen-bond donors (Lipinski definition) is 0. The molecule has 24 heavy (non-hydrogen) atoms. The fraction of sp³-hybridized carbons (Fsp3) is 0.533. The molecule has 1 aliphatic heterocycles. The molecule has 2 aromatic rings. The van der Waals surface area contributed by atoms with Crippen LogP contribution in [0.25, 0.3) is 11.0 Å². The first-order valence-corrected chi connectivity index (χ1v) is 8.73. The third-order valence-electron chi connectivity index (χ3n) is 4.17. The van der Waals surface area contributed by atoms with Gasteiger partial charge in [-0.05, 0) is 19.8 Å². The number of likely N-dealkylation sites (tertiary alicyclic amines) is 1. The van der Waals surface area contributed by atoms with E-state index >= 15 is 0 Å². The summed E-state index contributed by atoms with van der Waals surface area (Å²) in [6.45, 7) is 3.28. The highest BCUT2D eigenvalue weighted by molar-refractivity contribution is 8.00. The molecular weight excluding hydrogens is 330 g/mol. The Kier molecular flexibility index (Phi) is 4.44. The number of nitrogens with zero attached hydrogens (tertiary/aromatic N) is 5. The van der Waals surface area contributed by atoms with Gasteiger partial charge in [-0.2, -0.15) is 0 Å². The van der Waals surface area contributed by atoms with Gasteiger partial charge in [-0.15, -0.1) is 0 Å². The topological polar surface area (TPSA) is 90.1 Å². The molecule has 1 aliphatic rings. The number of rotatable bonds is 3. The van der Waals surface area contributed by atoms with E-state index in [0.717, 1.165) is 30.5 Å². The van der Waals surface area contributed by atoms with Gasteiger partial charge >= 0.3 is 5.69 Å². The first-order chi connectivity index (χ1) is 11.4. The highest BCUT2D eigenvalue weighted by atomic mass is 32.2. The Morgan fingerprint density at radius 3 is 2.46 bits per heavy atom. The lowest BCUT2D eigenvalue weighted by Crippen LogP contribution is -2.37. The SMILES string of the molecule is Cc1nc(SCC(=O)N2CCCC2)c2c(=O)n(C)c(=O)n(C)c2n1. The number of thioether (sulfide) groups is 1. The Balaban J connectivity index is 2.03. The van der Waals surface area contributed by atoms with Crippen LogP contribution >= 0.6 is 11.8 Å². The van der Waals surface area contributed by atoms with Crippen molar-refractivity contribution in [2.24, 2.45) is 14.1 Å². The maximum absolute atomic E-state index is 12.5. The fourth-order valence-corrected chi connectivity index (χ4v) is 3.79. The van der Waals surface area contributed by atoms with Crippen molar-refractivity contribution < 1.29 is 4.79 Å². The Bertz CT molecular complexity index is 927. The van der Waals surface area contributed by atoms with Gasteiger partial charge < -0.3 is 4.90 Å². The van der Waals surface area contributed by atoms with Crippen LogP contribution in [0.5, 0.6) is 0 Å². The van der Waals surface area contributed by atoms with Gasteiger partial charge in [-0.3, -0.25) is 18.7 Å². The van der Waals surface area contributed by atoms with Gasteiger partial charge in [0.1, 0.15) is 16.2 Å². The van der Waals surface area contributed by atoms with E-state index in [9.17, 15) is 14.4 Å². The first kappa shape index (κ1) is 16.7. The van der Waals surface area contributed by atoms with Crippen molar-refractivity contribution in [3.05, 3.63) is 26.7 Å². The van der Waals surface area contributed by atoms with Crippen LogP contribution in [0.15, 0.2) is 14.6 Å². The normalized spacial score (nSPS) is 14.5. The summed E-state index contributed by atoms with van der Waals surface area (Å²) in [5.74, 6) is 0.725. The van der Waals surface area contributed by atoms with Gasteiger partial charge in [0, 0.05) is 27.2 Å². The van der Waals surface area contributed by atoms with Crippen molar-refractivity contribution in [3.8, 4) is 0 Å². The molecule has 0 unspecified atom stereocenters. The van der Waals surface area contributed by atoms with Crippen LogP contribution in [0.3, 0.4) is 0 Å². The van der Waals surface area contributed by atoms with E-state index in [1.807, 2.05) is 4.90 Å². The van der Waals surface area contributed by atoms with Gasteiger partial charge in [0.15, 0.2) is 5.65 Å². The second kappa shape index (κ2) is 6.39. The van der Waals surface area contributed by atoms with Crippen LogP contribution in [0.1, 0.15) is 18.7 Å². The van der Waals surface area contributed by atoms with Gasteiger partial charge in [-0.1, -0.05) is 11.8 Å². The third kappa shape index (κ3) is 2.83. The smallest absolute Gasteiger partial charge is 0.332 e. The highest BCUT2D eigenvalue weighted by Crippen LogP contribution is 2.23. The van der Waals surface area contributed by atoms with Crippen LogP contribution in [-0.2, 0) is 18.9 Å². The molecule has 3 rings (SSSR count). The minimum Gasteiger partial charge on any atom is -0.342 e. The molecular formula is C15H19N5O3S. The van der Waals surface area contributed by atoms with Crippen molar-refractivity contribution in [3.63, 3.8) is 0 Å². The quantitative estimate of drug-likeness (QED) is 0.574. The Hall–Kier alpha value is -2.16. The molecule has 128 valence electrons. The second-order valence-electron chi connectivity index (χ2n) is 5.86. The number of aryl methyl sites for hydroxylation is 2. The zero-order valence-electron chi connectivity index (χ0n) is 13.9. The Morgan fingerprint density at radius 1 is 1.12 bits per heavy atom. The Morgan fingerprint density at radius 2 is 1.79 bits per heavy atom. The molecule has 1 fully saturated rings. The lowest BCUT2D eigenvalue weighted by atomic mass is 10.4. The van der Waals surface area contributed by atoms with Crippen LogP contribution in [0, 0.1) is 6.92 Å². The highest BCUT2D eigenvalue weighted by Gasteiger charge is 2.21. The zero-order chi connectivity index (χ0) is 17.4. The van der Waals surface area contributed by atoms with E-state index in [1.165, 1.54) is 23.4 Å². The molecule has 0 bridgehead atoms. The molecule has 9 heteroatoms. The average Bonchev–Trinajstić information content (AvgIpc) is 3.10. The fourth-order valence-electron chi connectivity index (χ4n) is 2.83. The summed E-state index contributed by atoms with van der Waals surface area (Å²) in [6, 6.07) is 0. The average molecular weight is 349 g/mol. The number of aromatic nitrogens is 4. The molecule has 0 radical (unpaired) electrons. The van der Waals surface area contributed by atoms with Crippen molar-refractivity contribution in [2.75, 3.05) is 18.8 Å². The van der Waals surface area contributed by atoms with E-state index in [-0.39, 0.29) is 17.0 Å². The van der Waals surface area contributed by atoms with E-state index in [1.54, 1.807) is 14.0 Å². The predicted molar refractivity (Wildman–Crippen MR) is 91.3 cm³/mol. The van der Waals surface area contributed by atoms with E-state index in [4.69, 9.17) is 0 Å². The van der Waals surface area contributed by atoms with Gasteiger partial charge in [0.25, 0.3) is 5.56 Å². The lowest BCUT2D eigenvalue weighted by molar-refractivity contribution is -0.127. The number of carbonyl (C=O) groups excluding carboxylic acids is 1. The van der Waals surface area contributed by atoms with Crippen molar-refractivity contribution >= 4 is 28.7 Å². The van der Waals surface area contributed by atoms with E-state index < -0.39 is 11.2 Å². The summed E-state index contributed by atoms with van der Waals surface area (Å²) in [6.07, 6.45) is 2.07. The molecule has 0 N–H and O–H groups in total. The second-order valence-corrected chi connectivity index (χ2v) is 6.82. The maximum atomic E-state index is 12.5. The molecule has 0 aliphatic carbocycles. The molecule has 0 saturated carbocycles. The minimum atomic E-state index is -0.441. The molecule has 3 heterocycles.